The SMILES string of the molecule is CN(C)c1cccc2c(S(=O)(=O)NCCNC(=O)Nc3cccc(I)c3)cccc12. The molecule has 0 heterocycles. The van der Waals surface area contributed by atoms with Crippen molar-refractivity contribution in [3.63, 3.8) is 0 Å². The number of sulfonamides is 1. The number of benzene rings is 3. The number of halogens is 1. The molecule has 9 heteroatoms. The van der Waals surface area contributed by atoms with Crippen LogP contribution in [-0.4, -0.2) is 41.6 Å². The summed E-state index contributed by atoms with van der Waals surface area (Å²) in [5.74, 6) is 0. The Morgan fingerprint density at radius 1 is 0.967 bits per heavy atom. The fourth-order valence-electron chi connectivity index (χ4n) is 3.07. The van der Waals surface area contributed by atoms with Gasteiger partial charge in [-0.3, -0.25) is 0 Å². The summed E-state index contributed by atoms with van der Waals surface area (Å²) >= 11 is 2.16. The molecule has 7 nitrogen and oxygen atoms in total. The second-order valence-corrected chi connectivity index (χ2v) is 9.79. The average Bonchev–Trinajstić information content (AvgIpc) is 2.70. The number of anilines is 2. The summed E-state index contributed by atoms with van der Waals surface area (Å²) in [6.07, 6.45) is 0. The molecule has 0 aliphatic carbocycles. The number of fused-ring (bicyclic) bond motifs is 1. The van der Waals surface area contributed by atoms with Crippen molar-refractivity contribution in [1.82, 2.24) is 10.0 Å². The summed E-state index contributed by atoms with van der Waals surface area (Å²) in [4.78, 5) is 14.1. The van der Waals surface area contributed by atoms with Crippen LogP contribution >= 0.6 is 22.6 Å². The number of rotatable bonds is 7. The van der Waals surface area contributed by atoms with E-state index in [1.165, 1.54) is 0 Å². The van der Waals surface area contributed by atoms with Crippen molar-refractivity contribution in [2.45, 2.75) is 4.90 Å². The molecule has 0 radical (unpaired) electrons. The minimum Gasteiger partial charge on any atom is -0.377 e. The van der Waals surface area contributed by atoms with Gasteiger partial charge in [-0.05, 0) is 52.9 Å². The van der Waals surface area contributed by atoms with Crippen molar-refractivity contribution in [2.75, 3.05) is 37.4 Å². The molecule has 0 aliphatic heterocycles. The van der Waals surface area contributed by atoms with Gasteiger partial charge in [-0.1, -0.05) is 30.3 Å². The molecule has 158 valence electrons. The van der Waals surface area contributed by atoms with Gasteiger partial charge in [0.1, 0.15) is 0 Å². The number of urea groups is 1. The third-order valence-electron chi connectivity index (χ3n) is 4.42. The maximum Gasteiger partial charge on any atom is 0.319 e. The molecular formula is C21H23IN4O3S. The molecule has 3 N–H and O–H groups in total. The first-order valence-electron chi connectivity index (χ1n) is 9.27. The van der Waals surface area contributed by atoms with Gasteiger partial charge in [0.2, 0.25) is 10.0 Å². The summed E-state index contributed by atoms with van der Waals surface area (Å²) < 4.78 is 29.3. The largest absolute Gasteiger partial charge is 0.377 e. The highest BCUT2D eigenvalue weighted by Gasteiger charge is 2.18. The van der Waals surface area contributed by atoms with Crippen LogP contribution in [0.2, 0.25) is 0 Å². The molecule has 30 heavy (non-hydrogen) atoms. The lowest BCUT2D eigenvalue weighted by atomic mass is 10.1. The Morgan fingerprint density at radius 2 is 1.67 bits per heavy atom. The third kappa shape index (κ3) is 5.41. The topological polar surface area (TPSA) is 90.5 Å². The van der Waals surface area contributed by atoms with E-state index in [1.54, 1.807) is 24.3 Å². The van der Waals surface area contributed by atoms with E-state index >= 15 is 0 Å². The highest BCUT2D eigenvalue weighted by Crippen LogP contribution is 2.29. The van der Waals surface area contributed by atoms with E-state index in [0.29, 0.717) is 11.1 Å². The van der Waals surface area contributed by atoms with Crippen LogP contribution in [0.4, 0.5) is 16.2 Å². The zero-order valence-electron chi connectivity index (χ0n) is 16.6. The average molecular weight is 538 g/mol. The second-order valence-electron chi connectivity index (χ2n) is 6.81. The van der Waals surface area contributed by atoms with Crippen LogP contribution in [0.1, 0.15) is 0 Å². The molecule has 0 spiro atoms. The number of carbonyl (C=O) groups is 1. The van der Waals surface area contributed by atoms with Gasteiger partial charge in [-0.25, -0.2) is 17.9 Å². The Bertz CT molecular complexity index is 1170. The molecule has 3 aromatic carbocycles. The smallest absolute Gasteiger partial charge is 0.319 e. The molecule has 0 saturated heterocycles. The molecule has 0 atom stereocenters. The summed E-state index contributed by atoms with van der Waals surface area (Å²) in [5.41, 5.74) is 1.62. The molecule has 0 saturated carbocycles. The van der Waals surface area contributed by atoms with E-state index in [4.69, 9.17) is 0 Å². The summed E-state index contributed by atoms with van der Waals surface area (Å²) in [5, 5.41) is 6.88. The Balaban J connectivity index is 1.63. The minimum absolute atomic E-state index is 0.0752. The van der Waals surface area contributed by atoms with Crippen molar-refractivity contribution in [2.24, 2.45) is 0 Å². The summed E-state index contributed by atoms with van der Waals surface area (Å²) in [7, 11) is 0.103. The number of carbonyl (C=O) groups excluding carboxylic acids is 1. The quantitative estimate of drug-likeness (QED) is 0.317. The number of nitrogens with zero attached hydrogens (tertiary/aromatic N) is 1. The van der Waals surface area contributed by atoms with Crippen LogP contribution in [0.5, 0.6) is 0 Å². The van der Waals surface area contributed by atoms with Crippen LogP contribution in [-0.2, 0) is 10.0 Å². The fourth-order valence-corrected chi connectivity index (χ4v) is 4.86. The molecule has 0 aliphatic rings. The molecule has 0 bridgehead atoms. The predicted molar refractivity (Wildman–Crippen MR) is 130 cm³/mol. The lowest BCUT2D eigenvalue weighted by Crippen LogP contribution is -2.36. The van der Waals surface area contributed by atoms with E-state index in [2.05, 4.69) is 37.9 Å². The second kappa shape index (κ2) is 9.63. The van der Waals surface area contributed by atoms with Gasteiger partial charge in [0.25, 0.3) is 0 Å². The number of amides is 2. The monoisotopic (exact) mass is 538 g/mol. The summed E-state index contributed by atoms with van der Waals surface area (Å²) in [6, 6.07) is 17.8. The molecule has 2 amide bonds. The van der Waals surface area contributed by atoms with Gasteiger partial charge in [0, 0.05) is 52.9 Å². The first-order chi connectivity index (χ1) is 14.3. The van der Waals surface area contributed by atoms with Crippen LogP contribution in [0.15, 0.2) is 65.6 Å². The first-order valence-corrected chi connectivity index (χ1v) is 11.8. The van der Waals surface area contributed by atoms with Gasteiger partial charge < -0.3 is 15.5 Å². The fraction of sp³-hybridized carbons (Fsp3) is 0.190. The van der Waals surface area contributed by atoms with Gasteiger partial charge in [0.15, 0.2) is 0 Å². The molecule has 3 rings (SSSR count). The minimum atomic E-state index is -3.73. The standard InChI is InChI=1S/C21H23IN4O3S/c1-26(2)19-10-4-9-18-17(19)8-5-11-20(18)30(28,29)24-13-12-23-21(27)25-16-7-3-6-15(22)14-16/h3-11,14,24H,12-13H2,1-2H3,(H2,23,25,27). The maximum absolute atomic E-state index is 12.8. The van der Waals surface area contributed by atoms with E-state index in [0.717, 1.165) is 14.6 Å². The highest BCUT2D eigenvalue weighted by atomic mass is 127. The van der Waals surface area contributed by atoms with Crippen molar-refractivity contribution >= 4 is 60.8 Å². The van der Waals surface area contributed by atoms with Gasteiger partial charge in [0.05, 0.1) is 4.90 Å². The van der Waals surface area contributed by atoms with Crippen molar-refractivity contribution in [1.29, 1.82) is 0 Å². The van der Waals surface area contributed by atoms with Crippen LogP contribution in [0.25, 0.3) is 10.8 Å². The highest BCUT2D eigenvalue weighted by molar-refractivity contribution is 14.1. The van der Waals surface area contributed by atoms with Gasteiger partial charge >= 0.3 is 6.03 Å². The maximum atomic E-state index is 12.8. The van der Waals surface area contributed by atoms with Gasteiger partial charge in [-0.15, -0.1) is 0 Å². The van der Waals surface area contributed by atoms with Gasteiger partial charge in [-0.2, -0.15) is 0 Å². The molecule has 0 unspecified atom stereocenters. The first kappa shape index (κ1) is 22.3. The lowest BCUT2D eigenvalue weighted by Gasteiger charge is -2.17. The Hall–Kier alpha value is -2.37. The normalized spacial score (nSPS) is 11.3. The van der Waals surface area contributed by atoms with Crippen molar-refractivity contribution < 1.29 is 13.2 Å². The van der Waals surface area contributed by atoms with Crippen molar-refractivity contribution in [3.05, 3.63) is 64.2 Å². The number of hydrogen-bond acceptors (Lipinski definition) is 4. The zero-order valence-corrected chi connectivity index (χ0v) is 19.6. The lowest BCUT2D eigenvalue weighted by molar-refractivity contribution is 0.252. The molecule has 0 fully saturated rings. The predicted octanol–water partition coefficient (Wildman–Crippen LogP) is 3.61. The number of nitrogens with one attached hydrogen (secondary N) is 3. The third-order valence-corrected chi connectivity index (χ3v) is 6.61. The zero-order chi connectivity index (χ0) is 21.7. The van der Waals surface area contributed by atoms with E-state index in [1.807, 2.05) is 55.4 Å². The van der Waals surface area contributed by atoms with Crippen LogP contribution in [0.3, 0.4) is 0 Å². The Labute approximate surface area is 190 Å². The van der Waals surface area contributed by atoms with E-state index in [9.17, 15) is 13.2 Å². The molecule has 0 aromatic heterocycles. The van der Waals surface area contributed by atoms with Crippen molar-refractivity contribution in [3.8, 4) is 0 Å². The summed E-state index contributed by atoms with van der Waals surface area (Å²) in [6.45, 7) is 0.231. The van der Waals surface area contributed by atoms with Crippen LogP contribution in [0, 0.1) is 3.57 Å². The molecular weight excluding hydrogens is 515 g/mol. The number of hydrogen-bond donors (Lipinski definition) is 3. The van der Waals surface area contributed by atoms with Crippen LogP contribution < -0.4 is 20.3 Å². The van der Waals surface area contributed by atoms with E-state index < -0.39 is 16.1 Å². The molecule has 3 aromatic rings. The van der Waals surface area contributed by atoms with E-state index in [-0.39, 0.29) is 18.0 Å². The Morgan fingerprint density at radius 3 is 2.40 bits per heavy atom. The Kier molecular flexibility index (Phi) is 7.16.